The minimum Gasteiger partial charge on any atom is -0.330 e. The van der Waals surface area contributed by atoms with Crippen LogP contribution in [0.15, 0.2) is 54.6 Å². The van der Waals surface area contributed by atoms with E-state index in [4.69, 9.17) is 0 Å². The molecule has 0 saturated carbocycles. The summed E-state index contributed by atoms with van der Waals surface area (Å²) in [6, 6.07) is 19.7. The van der Waals surface area contributed by atoms with E-state index < -0.39 is 0 Å². The third-order valence-electron chi connectivity index (χ3n) is 4.49. The lowest BCUT2D eigenvalue weighted by Gasteiger charge is -2.30. The Morgan fingerprint density at radius 2 is 1.67 bits per heavy atom. The van der Waals surface area contributed by atoms with Crippen LogP contribution in [0.3, 0.4) is 0 Å². The van der Waals surface area contributed by atoms with Crippen LogP contribution < -0.4 is 15.3 Å². The molecule has 0 aromatic heterocycles. The molecule has 2 aliphatic rings. The largest absolute Gasteiger partial charge is 0.330 e. The smallest absolute Gasteiger partial charge is 0.0933 e. The molecular formula is C19H12BrN. The van der Waals surface area contributed by atoms with Crippen LogP contribution in [0.1, 0.15) is 0 Å². The summed E-state index contributed by atoms with van der Waals surface area (Å²) in [5, 5.41) is 7.95. The van der Waals surface area contributed by atoms with E-state index in [-0.39, 0.29) is 0 Å². The molecule has 0 fully saturated rings. The summed E-state index contributed by atoms with van der Waals surface area (Å²) in [6.07, 6.45) is 2.31. The first kappa shape index (κ1) is 11.6. The molecule has 1 nitrogen and oxygen atoms in total. The Bertz CT molecular complexity index is 1130. The van der Waals surface area contributed by atoms with Crippen molar-refractivity contribution in [1.29, 1.82) is 0 Å². The molecule has 21 heavy (non-hydrogen) atoms. The Morgan fingerprint density at radius 3 is 2.57 bits per heavy atom. The van der Waals surface area contributed by atoms with Gasteiger partial charge >= 0.3 is 0 Å². The van der Waals surface area contributed by atoms with Gasteiger partial charge in [0.2, 0.25) is 0 Å². The van der Waals surface area contributed by atoms with Crippen LogP contribution in [0, 0.1) is 10.4 Å². The molecule has 3 aromatic rings. The van der Waals surface area contributed by atoms with Gasteiger partial charge in [-0.3, -0.25) is 0 Å². The van der Waals surface area contributed by atoms with Crippen LogP contribution in [0.4, 0.5) is 5.69 Å². The van der Waals surface area contributed by atoms with Crippen molar-refractivity contribution in [3.63, 3.8) is 0 Å². The summed E-state index contributed by atoms with van der Waals surface area (Å²) in [5.41, 5.74) is 1.34. The van der Waals surface area contributed by atoms with Gasteiger partial charge in [0.15, 0.2) is 0 Å². The molecule has 2 heterocycles. The minimum absolute atomic E-state index is 0.915. The van der Waals surface area contributed by atoms with Crippen molar-refractivity contribution in [2.75, 3.05) is 11.4 Å². The molecule has 0 bridgehead atoms. The van der Waals surface area contributed by atoms with Crippen molar-refractivity contribution in [2.24, 2.45) is 0 Å². The van der Waals surface area contributed by atoms with E-state index in [1.807, 2.05) is 0 Å². The van der Waals surface area contributed by atoms with Crippen LogP contribution in [0.2, 0.25) is 0 Å². The Balaban J connectivity index is 2.21. The van der Waals surface area contributed by atoms with E-state index >= 15 is 0 Å². The number of anilines is 1. The summed E-state index contributed by atoms with van der Waals surface area (Å²) >= 11 is 3.82. The van der Waals surface area contributed by atoms with Crippen LogP contribution in [-0.4, -0.2) is 6.54 Å². The molecule has 100 valence electrons. The fourth-order valence-corrected chi connectivity index (χ4v) is 4.23. The van der Waals surface area contributed by atoms with Crippen molar-refractivity contribution in [2.45, 2.75) is 0 Å². The molecule has 0 spiro atoms. The van der Waals surface area contributed by atoms with Crippen LogP contribution in [-0.2, 0) is 0 Å². The number of fused-ring (bicyclic) bond motifs is 1. The number of rotatable bonds is 0. The van der Waals surface area contributed by atoms with Gasteiger partial charge in [-0.25, -0.2) is 0 Å². The molecule has 3 aromatic carbocycles. The summed E-state index contributed by atoms with van der Waals surface area (Å²) in [6.45, 7) is 0.915. The van der Waals surface area contributed by atoms with Gasteiger partial charge in [-0.15, -0.1) is 0 Å². The molecule has 5 rings (SSSR count). The summed E-state index contributed by atoms with van der Waals surface area (Å²) in [5.74, 6) is 0. The van der Waals surface area contributed by atoms with Gasteiger partial charge in [0.25, 0.3) is 0 Å². The normalized spacial score (nSPS) is 14.9. The second-order valence-electron chi connectivity index (χ2n) is 5.56. The van der Waals surface area contributed by atoms with E-state index in [9.17, 15) is 0 Å². The van der Waals surface area contributed by atoms with Gasteiger partial charge in [-0.1, -0.05) is 60.7 Å². The summed E-state index contributed by atoms with van der Waals surface area (Å²) in [4.78, 5) is 2.38. The van der Waals surface area contributed by atoms with Crippen molar-refractivity contribution in [3.05, 3.63) is 75.5 Å². The maximum absolute atomic E-state index is 3.82. The topological polar surface area (TPSA) is 3.24 Å². The van der Waals surface area contributed by atoms with E-state index in [0.29, 0.717) is 0 Å². The van der Waals surface area contributed by atoms with Crippen molar-refractivity contribution in [3.8, 4) is 0 Å². The third-order valence-corrected chi connectivity index (χ3v) is 5.35. The molecular weight excluding hydrogens is 322 g/mol. The van der Waals surface area contributed by atoms with Crippen LogP contribution in [0.5, 0.6) is 0 Å². The average molecular weight is 334 g/mol. The highest BCUT2D eigenvalue weighted by Crippen LogP contribution is 2.34. The van der Waals surface area contributed by atoms with E-state index in [2.05, 4.69) is 81.5 Å². The summed E-state index contributed by atoms with van der Waals surface area (Å²) in [7, 11) is 0. The zero-order chi connectivity index (χ0) is 14.0. The van der Waals surface area contributed by atoms with Gasteiger partial charge in [0.1, 0.15) is 0 Å². The highest BCUT2D eigenvalue weighted by molar-refractivity contribution is 9.15. The molecule has 2 aliphatic heterocycles. The molecule has 0 aliphatic carbocycles. The molecule has 2 heteroatoms. The number of benzene rings is 3. The first-order valence-electron chi connectivity index (χ1n) is 7.13. The lowest BCUT2D eigenvalue weighted by Crippen LogP contribution is -2.32. The van der Waals surface area contributed by atoms with Gasteiger partial charge in [-0.05, 0) is 31.8 Å². The van der Waals surface area contributed by atoms with Gasteiger partial charge in [0.05, 0.1) is 10.3 Å². The number of halogens is 1. The predicted octanol–water partition coefficient (Wildman–Crippen LogP) is 3.20. The molecule has 0 amide bonds. The number of hydrogen-bond acceptors (Lipinski definition) is 1. The van der Waals surface area contributed by atoms with Crippen LogP contribution >= 0.6 is 15.9 Å². The summed E-state index contributed by atoms with van der Waals surface area (Å²) < 4.78 is 1.17. The van der Waals surface area contributed by atoms with E-state index in [1.54, 1.807) is 0 Å². The molecule has 0 unspecified atom stereocenters. The number of hydrogen-bond donors (Lipinski definition) is 0. The Hall–Kier alpha value is -2.06. The monoisotopic (exact) mass is 333 g/mol. The highest BCUT2D eigenvalue weighted by atomic mass is 79.9. The predicted molar refractivity (Wildman–Crippen MR) is 91.5 cm³/mol. The van der Waals surface area contributed by atoms with Crippen LogP contribution in [0.25, 0.3) is 21.5 Å². The quantitative estimate of drug-likeness (QED) is 0.571. The van der Waals surface area contributed by atoms with Gasteiger partial charge in [-0.2, -0.15) is 0 Å². The van der Waals surface area contributed by atoms with Crippen molar-refractivity contribution >= 4 is 43.1 Å². The first-order chi connectivity index (χ1) is 10.3. The minimum atomic E-state index is 0.915. The molecule has 0 atom stereocenters. The maximum atomic E-state index is 3.82. The van der Waals surface area contributed by atoms with Gasteiger partial charge in [0, 0.05) is 22.4 Å². The average Bonchev–Trinajstić information content (AvgIpc) is 2.55. The van der Waals surface area contributed by atoms with Crippen molar-refractivity contribution in [1.82, 2.24) is 0 Å². The Labute approximate surface area is 130 Å². The molecule has 0 radical (unpaired) electrons. The fraction of sp³-hybridized carbons (Fsp3) is 0.0526. The zero-order valence-electron chi connectivity index (χ0n) is 11.3. The zero-order valence-corrected chi connectivity index (χ0v) is 12.9. The second-order valence-corrected chi connectivity index (χ2v) is 6.31. The lowest BCUT2D eigenvalue weighted by molar-refractivity contribution is 1.12. The fourth-order valence-electron chi connectivity index (χ4n) is 3.56. The SMILES string of the molecule is BrC1=c2ccccc2=c2ccc3cccc4c3c2N1CC=4. The highest BCUT2D eigenvalue weighted by Gasteiger charge is 2.21. The van der Waals surface area contributed by atoms with Crippen molar-refractivity contribution < 1.29 is 0 Å². The maximum Gasteiger partial charge on any atom is 0.0933 e. The third kappa shape index (κ3) is 1.41. The standard InChI is InChI=1S/C19H12BrN/c20-19-16-7-2-1-6-14(16)15-9-8-12-4-3-5-13-10-11-21(19)18(15)17(12)13/h1-10H,11H2. The first-order valence-corrected chi connectivity index (χ1v) is 7.92. The Kier molecular flexibility index (Phi) is 2.20. The van der Waals surface area contributed by atoms with E-state index in [1.165, 1.54) is 41.9 Å². The Morgan fingerprint density at radius 1 is 0.810 bits per heavy atom. The molecule has 0 saturated heterocycles. The molecule has 0 N–H and O–H groups in total. The number of nitrogens with zero attached hydrogens (tertiary/aromatic N) is 1. The lowest BCUT2D eigenvalue weighted by atomic mass is 9.98. The van der Waals surface area contributed by atoms with E-state index in [0.717, 1.165) is 6.54 Å². The second kappa shape index (κ2) is 3.99. The van der Waals surface area contributed by atoms with Gasteiger partial charge < -0.3 is 4.90 Å².